The zero-order valence-corrected chi connectivity index (χ0v) is 26.3. The number of halogens is 2. The molecule has 42 heavy (non-hydrogen) atoms. The lowest BCUT2D eigenvalue weighted by Crippen LogP contribution is -2.39. The summed E-state index contributed by atoms with van der Waals surface area (Å²) in [5.41, 5.74) is 3.83. The number of aliphatic imine (C=N–C) groups is 1. The molecular weight excluding hydrogens is 576 g/mol. The topological polar surface area (TPSA) is 83.4 Å². The summed E-state index contributed by atoms with van der Waals surface area (Å²) in [5.74, 6) is 0.614. The van der Waals surface area contributed by atoms with Crippen molar-refractivity contribution in [1.29, 1.82) is 0 Å². The van der Waals surface area contributed by atoms with Gasteiger partial charge in [-0.2, -0.15) is 5.48 Å². The minimum absolute atomic E-state index is 0.0598. The number of carboxylic acids is 1. The van der Waals surface area contributed by atoms with Gasteiger partial charge in [0.15, 0.2) is 0 Å². The molecule has 0 fully saturated rings. The van der Waals surface area contributed by atoms with Gasteiger partial charge in [0, 0.05) is 42.6 Å². The van der Waals surface area contributed by atoms with Crippen molar-refractivity contribution in [3.8, 4) is 0 Å². The lowest BCUT2D eigenvalue weighted by Gasteiger charge is -2.31. The molecule has 1 aromatic rings. The molecule has 2 heterocycles. The molecule has 0 aliphatic carbocycles. The van der Waals surface area contributed by atoms with Crippen LogP contribution in [-0.4, -0.2) is 47.0 Å². The maximum atomic E-state index is 13.5. The molecule has 0 aromatic heterocycles. The number of allylic oxidation sites excluding steroid dienone is 4. The number of carboxylic acid groups (broad SMARTS) is 1. The largest absolute Gasteiger partial charge is 0.481 e. The zero-order valence-electron chi connectivity index (χ0n) is 24.3. The smallest absolute Gasteiger partial charge is 0.303 e. The van der Waals surface area contributed by atoms with Crippen LogP contribution >= 0.6 is 20.8 Å². The maximum absolute atomic E-state index is 13.5. The molecule has 0 saturated carbocycles. The highest BCUT2D eigenvalue weighted by molar-refractivity contribution is 7.22. The highest BCUT2D eigenvalue weighted by Crippen LogP contribution is 2.23. The third-order valence-corrected chi connectivity index (χ3v) is 7.84. The van der Waals surface area contributed by atoms with Crippen LogP contribution in [0, 0.1) is 11.7 Å². The van der Waals surface area contributed by atoms with Crippen molar-refractivity contribution >= 4 is 32.6 Å². The van der Waals surface area contributed by atoms with Crippen molar-refractivity contribution in [1.82, 2.24) is 10.4 Å². The van der Waals surface area contributed by atoms with Gasteiger partial charge >= 0.3 is 5.97 Å². The summed E-state index contributed by atoms with van der Waals surface area (Å²) in [6.45, 7) is 5.35. The van der Waals surface area contributed by atoms with Crippen molar-refractivity contribution in [2.24, 2.45) is 10.9 Å². The van der Waals surface area contributed by atoms with Crippen LogP contribution in [0.5, 0.6) is 0 Å². The number of hydroxylamine groups is 1. The van der Waals surface area contributed by atoms with E-state index in [1.165, 1.54) is 12.1 Å². The van der Waals surface area contributed by atoms with Crippen LogP contribution in [0.25, 0.3) is 0 Å². The molecule has 228 valence electrons. The first-order valence-electron chi connectivity index (χ1n) is 14.4. The fraction of sp³-hybridized carbons (Fsp3) is 0.438. The van der Waals surface area contributed by atoms with Crippen molar-refractivity contribution in [3.63, 3.8) is 0 Å². The Labute approximate surface area is 256 Å². The molecule has 2 aliphatic rings. The first-order valence-corrected chi connectivity index (χ1v) is 15.3. The van der Waals surface area contributed by atoms with E-state index in [1.807, 2.05) is 25.3 Å². The van der Waals surface area contributed by atoms with Gasteiger partial charge in [0.25, 0.3) is 0 Å². The number of aliphatic carboxylic acids is 1. The first-order chi connectivity index (χ1) is 20.2. The van der Waals surface area contributed by atoms with E-state index in [1.54, 1.807) is 6.07 Å². The first kappa shape index (κ1) is 33.7. The lowest BCUT2D eigenvalue weighted by atomic mass is 9.93. The molecule has 4 unspecified atom stereocenters. The Morgan fingerprint density at radius 3 is 2.86 bits per heavy atom. The van der Waals surface area contributed by atoms with Crippen LogP contribution in [-0.2, 0) is 21.0 Å². The van der Waals surface area contributed by atoms with Gasteiger partial charge < -0.3 is 19.6 Å². The molecule has 0 saturated heterocycles. The van der Waals surface area contributed by atoms with Gasteiger partial charge in [0.1, 0.15) is 24.0 Å². The van der Waals surface area contributed by atoms with Gasteiger partial charge in [-0.05, 0) is 74.7 Å². The molecular formula is C32H42ClFN3O4P. The lowest BCUT2D eigenvalue weighted by molar-refractivity contribution is -0.137. The molecule has 7 nitrogen and oxygen atoms in total. The molecule has 0 radical (unpaired) electrons. The number of rotatable bonds is 13. The quantitative estimate of drug-likeness (QED) is 0.104. The summed E-state index contributed by atoms with van der Waals surface area (Å²) in [5, 5.41) is 10.5. The second-order valence-corrected chi connectivity index (χ2v) is 11.5. The van der Waals surface area contributed by atoms with E-state index in [9.17, 15) is 9.18 Å². The van der Waals surface area contributed by atoms with Crippen LogP contribution < -0.4 is 5.48 Å². The van der Waals surface area contributed by atoms with Crippen LogP contribution in [0.3, 0.4) is 0 Å². The monoisotopic (exact) mass is 617 g/mol. The van der Waals surface area contributed by atoms with Crippen molar-refractivity contribution < 1.29 is 23.9 Å². The maximum Gasteiger partial charge on any atom is 0.303 e. The Morgan fingerprint density at radius 2 is 2.14 bits per heavy atom. The predicted molar refractivity (Wildman–Crippen MR) is 170 cm³/mol. The van der Waals surface area contributed by atoms with Gasteiger partial charge in [-0.1, -0.05) is 48.1 Å². The number of nitrogens with one attached hydrogen (secondary N) is 1. The van der Waals surface area contributed by atoms with E-state index < -0.39 is 5.97 Å². The van der Waals surface area contributed by atoms with Gasteiger partial charge in [0.2, 0.25) is 0 Å². The number of carbonyl (C=O) groups is 1. The van der Waals surface area contributed by atoms with Gasteiger partial charge in [-0.25, -0.2) is 9.38 Å². The van der Waals surface area contributed by atoms with Crippen LogP contribution in [0.2, 0.25) is 5.02 Å². The molecule has 1 aromatic carbocycles. The summed E-state index contributed by atoms with van der Waals surface area (Å²) in [6, 6.07) is 4.52. The minimum atomic E-state index is -0.775. The van der Waals surface area contributed by atoms with E-state index in [4.69, 9.17) is 31.3 Å². The van der Waals surface area contributed by atoms with Crippen LogP contribution in [0.1, 0.15) is 57.9 Å². The number of unbranched alkanes of at least 4 members (excludes halogenated alkanes) is 1. The fourth-order valence-electron chi connectivity index (χ4n) is 4.67. The van der Waals surface area contributed by atoms with Gasteiger partial charge in [-0.3, -0.25) is 4.79 Å². The Bertz CT molecular complexity index is 1210. The summed E-state index contributed by atoms with van der Waals surface area (Å²) in [4.78, 5) is 23.9. The Morgan fingerprint density at radius 1 is 1.31 bits per heavy atom. The highest BCUT2D eigenvalue weighted by Gasteiger charge is 2.23. The second kappa shape index (κ2) is 18.0. The SMILES string of the molecule is C/C=C(P)\C=C/C(C)N1C/C=C/CC(C2CC=C(COCc3cc(F)cc(Cl)c3)ON2)/C=C/N=C1CCCCC(=O)O. The predicted octanol–water partition coefficient (Wildman–Crippen LogP) is 7.33. The van der Waals surface area contributed by atoms with Crippen molar-refractivity contribution in [2.75, 3.05) is 13.2 Å². The van der Waals surface area contributed by atoms with Crippen LogP contribution in [0.15, 0.2) is 83.0 Å². The normalized spacial score (nSPS) is 22.2. The third kappa shape index (κ3) is 11.8. The molecule has 3 rings (SSSR count). The average Bonchev–Trinajstić information content (AvgIpc) is 2.96. The summed E-state index contributed by atoms with van der Waals surface area (Å²) < 4.78 is 19.2. The number of amidine groups is 1. The number of ether oxygens (including phenoxy) is 1. The van der Waals surface area contributed by atoms with Crippen molar-refractivity contribution in [2.45, 2.75) is 71.1 Å². The highest BCUT2D eigenvalue weighted by atomic mass is 35.5. The molecule has 2 aliphatic heterocycles. The van der Waals surface area contributed by atoms with Gasteiger partial charge in [-0.15, -0.1) is 9.24 Å². The Balaban J connectivity index is 1.64. The summed E-state index contributed by atoms with van der Waals surface area (Å²) in [7, 11) is 2.72. The number of nitrogens with zero attached hydrogens (tertiary/aromatic N) is 2. The standard InChI is InChI=1S/C32H42ClFN3O4P/c1-3-29(42)13-11-23(2)37-17-7-6-8-25(15-16-35-31(37)9-4-5-10-32(38)39)30-14-12-28(41-36-30)22-40-21-24-18-26(33)20-27(34)19-24/h3,6-7,11-13,15-16,18-20,23,25,30,36H,4-5,8-10,14,17,21-22,42H2,1-2H3,(H,38,39)/b7-6+,13-11-,16-15+,29-3+,35-31?. The minimum Gasteiger partial charge on any atom is -0.481 e. The van der Waals surface area contributed by atoms with E-state index >= 15 is 0 Å². The molecule has 0 spiro atoms. The average molecular weight is 618 g/mol. The van der Waals surface area contributed by atoms with E-state index in [-0.39, 0.29) is 43.5 Å². The Hall–Kier alpha value is -2.77. The number of hydrogen-bond acceptors (Lipinski definition) is 6. The molecule has 2 N–H and O–H groups in total. The molecule has 10 heteroatoms. The number of hydrogen-bond donors (Lipinski definition) is 2. The van der Waals surface area contributed by atoms with Crippen molar-refractivity contribution in [3.05, 3.63) is 94.4 Å². The molecule has 0 bridgehead atoms. The fourth-order valence-corrected chi connectivity index (χ4v) is 5.03. The van der Waals surface area contributed by atoms with Gasteiger partial charge in [0.05, 0.1) is 12.6 Å². The van der Waals surface area contributed by atoms with E-state index in [0.29, 0.717) is 35.7 Å². The number of benzene rings is 1. The summed E-state index contributed by atoms with van der Waals surface area (Å²) >= 11 is 5.92. The van der Waals surface area contributed by atoms with Crippen LogP contribution in [0.4, 0.5) is 4.39 Å². The molecule has 0 amide bonds. The second-order valence-electron chi connectivity index (χ2n) is 10.4. The van der Waals surface area contributed by atoms with E-state index in [2.05, 4.69) is 56.9 Å². The molecule has 4 atom stereocenters. The van der Waals surface area contributed by atoms with E-state index in [0.717, 1.165) is 30.4 Å². The zero-order chi connectivity index (χ0) is 30.3. The summed E-state index contributed by atoms with van der Waals surface area (Å²) in [6.07, 6.45) is 20.5. The third-order valence-electron chi connectivity index (χ3n) is 7.09. The Kier molecular flexibility index (Phi) is 14.5.